The van der Waals surface area contributed by atoms with E-state index in [2.05, 4.69) is 0 Å². The topological polar surface area (TPSA) is 80.3 Å². The van der Waals surface area contributed by atoms with Gasteiger partial charge in [0.2, 0.25) is 0 Å². The molecular weight excluding hydrogens is 160 g/mol. The van der Waals surface area contributed by atoms with E-state index in [1.807, 2.05) is 0 Å². The Morgan fingerprint density at radius 3 is 1.29 bits per heavy atom. The molecule has 0 unspecified atom stereocenters. The molecule has 7 heavy (non-hydrogen) atoms. The number of hydrogen-bond donors (Lipinski definition) is 0. The Balaban J connectivity index is -0.0000000133. The fraction of sp³-hybridized carbons (Fsp3) is 0. The van der Waals surface area contributed by atoms with E-state index in [0.29, 0.717) is 0 Å². The second-order valence-electron chi connectivity index (χ2n) is 0.408. The minimum absolute atomic E-state index is 0. The first-order valence-electron chi connectivity index (χ1n) is 0.667. The predicted octanol–water partition coefficient (Wildman–Crippen LogP) is -1.87. The van der Waals surface area contributed by atoms with Crippen LogP contribution in [-0.2, 0) is 10.4 Å². The van der Waals surface area contributed by atoms with Crippen LogP contribution in [0, 0.1) is 0 Å². The van der Waals surface area contributed by atoms with E-state index in [9.17, 15) is 0 Å². The van der Waals surface area contributed by atoms with E-state index in [4.69, 9.17) is 17.5 Å². The van der Waals surface area contributed by atoms with Crippen molar-refractivity contribution >= 4 is 71.2 Å². The van der Waals surface area contributed by atoms with Crippen LogP contribution in [0.4, 0.5) is 0 Å². The normalized spacial score (nSPS) is 8.29. The van der Waals surface area contributed by atoms with Crippen LogP contribution < -0.4 is 0 Å². The SMILES string of the molecule is O=S(=O)([O-])[O-].[Ca+2].[H-].[H-].[Mg+2]. The molecule has 0 atom stereocenters. The first-order chi connectivity index (χ1) is 2.00. The smallest absolute Gasteiger partial charge is 1.00 e. The van der Waals surface area contributed by atoms with E-state index < -0.39 is 10.4 Å². The quantitative estimate of drug-likeness (QED) is 0.237. The number of rotatable bonds is 0. The summed E-state index contributed by atoms with van der Waals surface area (Å²) in [6.45, 7) is 0. The van der Waals surface area contributed by atoms with Gasteiger partial charge in [0.15, 0.2) is 0 Å². The molecule has 0 aromatic heterocycles. The monoisotopic (exact) mass is 162 g/mol. The first-order valence-corrected chi connectivity index (χ1v) is 2.00. The van der Waals surface area contributed by atoms with Crippen LogP contribution in [0.5, 0.6) is 0 Å². The van der Waals surface area contributed by atoms with Crippen molar-refractivity contribution in [3.05, 3.63) is 0 Å². The Bertz CT molecular complexity index is 102. The van der Waals surface area contributed by atoms with Crippen LogP contribution in [0.2, 0.25) is 0 Å². The first kappa shape index (κ1) is 16.0. The molecule has 0 N–H and O–H groups in total. The summed E-state index contributed by atoms with van der Waals surface area (Å²) in [5.41, 5.74) is 0. The van der Waals surface area contributed by atoms with Crippen molar-refractivity contribution < 1.29 is 20.4 Å². The summed E-state index contributed by atoms with van der Waals surface area (Å²) in [6, 6.07) is 0. The average molecular weight is 162 g/mol. The summed E-state index contributed by atoms with van der Waals surface area (Å²) in [7, 11) is -5.17. The molecule has 4 nitrogen and oxygen atoms in total. The van der Waals surface area contributed by atoms with E-state index in [1.54, 1.807) is 0 Å². The van der Waals surface area contributed by atoms with E-state index in [0.717, 1.165) is 0 Å². The third-order valence-corrected chi connectivity index (χ3v) is 0. The summed E-state index contributed by atoms with van der Waals surface area (Å²) in [5.74, 6) is 0. The zero-order valence-corrected chi connectivity index (χ0v) is 7.89. The molecule has 0 saturated carbocycles. The van der Waals surface area contributed by atoms with Gasteiger partial charge in [0.25, 0.3) is 0 Å². The van der Waals surface area contributed by atoms with Crippen LogP contribution in [0.25, 0.3) is 0 Å². The predicted molar refractivity (Wildman–Crippen MR) is 24.2 cm³/mol. The second kappa shape index (κ2) is 6.02. The zero-order chi connectivity index (χ0) is 4.50. The standard InChI is InChI=1S/Ca.Mg.H2O4S.2H/c;;1-5(2,3)4;;/h;;(H2,1,2,3,4);;/q2*+2;;2*-1/p-2. The van der Waals surface area contributed by atoms with Gasteiger partial charge in [-0.15, -0.1) is 0 Å². The molecule has 7 heteroatoms. The molecule has 0 saturated heterocycles. The van der Waals surface area contributed by atoms with Crippen molar-refractivity contribution in [1.29, 1.82) is 0 Å². The van der Waals surface area contributed by atoms with Crippen molar-refractivity contribution in [3.63, 3.8) is 0 Å². The maximum Gasteiger partial charge on any atom is 2.00 e. The summed E-state index contributed by atoms with van der Waals surface area (Å²) < 4.78 is 34.1. The fourth-order valence-electron chi connectivity index (χ4n) is 0. The van der Waals surface area contributed by atoms with Crippen molar-refractivity contribution in [2.45, 2.75) is 0 Å². The molecule has 0 amide bonds. The molecule has 36 valence electrons. The van der Waals surface area contributed by atoms with E-state index >= 15 is 0 Å². The van der Waals surface area contributed by atoms with Gasteiger partial charge in [0, 0.05) is 10.4 Å². The third kappa shape index (κ3) is 76.4. The summed E-state index contributed by atoms with van der Waals surface area (Å²) in [6.07, 6.45) is 0. The molecule has 0 bridgehead atoms. The summed E-state index contributed by atoms with van der Waals surface area (Å²) in [5, 5.41) is 0. The van der Waals surface area contributed by atoms with Gasteiger partial charge in [-0.25, -0.2) is 0 Å². The number of hydrogen-bond acceptors (Lipinski definition) is 4. The Labute approximate surface area is 90.4 Å². The molecule has 0 aliphatic carbocycles. The molecule has 0 aromatic carbocycles. The van der Waals surface area contributed by atoms with Gasteiger partial charge in [-0.1, -0.05) is 0 Å². The zero-order valence-electron chi connectivity index (χ0n) is 5.46. The van der Waals surface area contributed by atoms with Crippen LogP contribution in [0.3, 0.4) is 0 Å². The van der Waals surface area contributed by atoms with Crippen LogP contribution in [0.15, 0.2) is 0 Å². The van der Waals surface area contributed by atoms with E-state index in [-0.39, 0.29) is 63.6 Å². The maximum atomic E-state index is 8.52. The van der Waals surface area contributed by atoms with Gasteiger partial charge in [-0.2, -0.15) is 0 Å². The molecule has 0 radical (unpaired) electrons. The fourth-order valence-corrected chi connectivity index (χ4v) is 0. The van der Waals surface area contributed by atoms with Gasteiger partial charge in [-0.05, 0) is 0 Å². The second-order valence-corrected chi connectivity index (χ2v) is 1.22. The van der Waals surface area contributed by atoms with Crippen LogP contribution >= 0.6 is 0 Å². The summed E-state index contributed by atoms with van der Waals surface area (Å²) >= 11 is 0. The van der Waals surface area contributed by atoms with Crippen molar-refractivity contribution in [2.75, 3.05) is 0 Å². The largest absolute Gasteiger partial charge is 2.00 e. The van der Waals surface area contributed by atoms with Crippen molar-refractivity contribution in [1.82, 2.24) is 0 Å². The third-order valence-electron chi connectivity index (χ3n) is 0. The molecule has 0 aromatic rings. The summed E-state index contributed by atoms with van der Waals surface area (Å²) in [4.78, 5) is 0. The Hall–Kier alpha value is 1.90. The molecule has 0 rings (SSSR count). The molecule has 0 fully saturated rings. The Morgan fingerprint density at radius 1 is 1.29 bits per heavy atom. The van der Waals surface area contributed by atoms with Gasteiger partial charge >= 0.3 is 60.8 Å². The van der Waals surface area contributed by atoms with Gasteiger partial charge in [0.1, 0.15) is 0 Å². The molecule has 0 spiro atoms. The van der Waals surface area contributed by atoms with Crippen molar-refractivity contribution in [3.8, 4) is 0 Å². The van der Waals surface area contributed by atoms with Crippen LogP contribution in [-0.4, -0.2) is 78.3 Å². The van der Waals surface area contributed by atoms with E-state index in [1.165, 1.54) is 0 Å². The Kier molecular flexibility index (Phi) is 13.7. The van der Waals surface area contributed by atoms with Gasteiger partial charge in [-0.3, -0.25) is 8.42 Å². The maximum absolute atomic E-state index is 8.52. The van der Waals surface area contributed by atoms with Gasteiger partial charge in [0.05, 0.1) is 0 Å². The van der Waals surface area contributed by atoms with Gasteiger partial charge < -0.3 is 12.0 Å². The minimum atomic E-state index is -5.17. The molecule has 0 aliphatic heterocycles. The molecule has 0 heterocycles. The minimum Gasteiger partial charge on any atom is -1.00 e. The Morgan fingerprint density at radius 2 is 1.29 bits per heavy atom. The molecular formula is H2CaMgO4S. The molecule has 0 aliphatic rings. The van der Waals surface area contributed by atoms with Crippen molar-refractivity contribution in [2.24, 2.45) is 0 Å². The van der Waals surface area contributed by atoms with Crippen LogP contribution in [0.1, 0.15) is 2.85 Å². The average Bonchev–Trinajstić information content (AvgIpc) is 0.722.